The lowest BCUT2D eigenvalue weighted by Gasteiger charge is -2.67. The fraction of sp³-hybridized carbons (Fsp3) is 0.867. The molecule has 2 bridgehead atoms. The number of nitrogens with one attached hydrogen (secondary N) is 1. The molecule has 1 heterocycles. The van der Waals surface area contributed by atoms with Gasteiger partial charge >= 0.3 is 11.8 Å². The first-order valence-electron chi connectivity index (χ1n) is 8.13. The fourth-order valence-electron chi connectivity index (χ4n) is 5.04. The van der Waals surface area contributed by atoms with E-state index in [1.807, 2.05) is 0 Å². The number of carbonyl (C=O) groups excluding carboxylic acids is 2. The molecule has 3 N–H and O–H groups in total. The van der Waals surface area contributed by atoms with E-state index in [1.54, 1.807) is 0 Å². The van der Waals surface area contributed by atoms with Crippen molar-refractivity contribution >= 4 is 11.8 Å². The second-order valence-corrected chi connectivity index (χ2v) is 8.18. The van der Waals surface area contributed by atoms with Gasteiger partial charge in [0.15, 0.2) is 0 Å². The number of halogens is 4. The number of hydrogen-bond acceptors (Lipinski definition) is 4. The third-order valence-electron chi connectivity index (χ3n) is 6.12. The summed E-state index contributed by atoms with van der Waals surface area (Å²) in [5.41, 5.74) is -3.68. The van der Waals surface area contributed by atoms with Crippen LogP contribution in [0.4, 0.5) is 17.6 Å². The lowest BCUT2D eigenvalue weighted by Crippen LogP contribution is -2.79. The SMILES string of the molecule is O=C(NC12CC(O)(C1)C2)C(=O)N1CC(F)(F)[C@H](O)[C@]12CCC(F)(F)C2. The molecule has 5 fully saturated rings. The molecule has 4 aliphatic carbocycles. The Hall–Kier alpha value is -1.42. The smallest absolute Gasteiger partial charge is 0.312 e. The van der Waals surface area contributed by atoms with Crippen LogP contribution >= 0.6 is 0 Å². The summed E-state index contributed by atoms with van der Waals surface area (Å²) in [4.78, 5) is 25.0. The number of aliphatic hydroxyl groups is 2. The molecule has 1 saturated heterocycles. The first-order chi connectivity index (χ1) is 11.3. The average molecular weight is 366 g/mol. The summed E-state index contributed by atoms with van der Waals surface area (Å²) in [5.74, 6) is -9.55. The van der Waals surface area contributed by atoms with E-state index in [0.717, 1.165) is 0 Å². The lowest BCUT2D eigenvalue weighted by molar-refractivity contribution is -0.220. The molecule has 5 aliphatic rings. The van der Waals surface area contributed by atoms with Crippen molar-refractivity contribution in [3.63, 3.8) is 0 Å². The Balaban J connectivity index is 1.55. The maximum atomic E-state index is 14.0. The molecule has 0 aromatic rings. The Morgan fingerprint density at radius 3 is 2.12 bits per heavy atom. The Morgan fingerprint density at radius 2 is 1.64 bits per heavy atom. The minimum Gasteiger partial charge on any atom is -0.390 e. The van der Waals surface area contributed by atoms with Crippen molar-refractivity contribution in [3.05, 3.63) is 0 Å². The van der Waals surface area contributed by atoms with Gasteiger partial charge in [0.2, 0.25) is 0 Å². The summed E-state index contributed by atoms with van der Waals surface area (Å²) in [5, 5.41) is 22.0. The van der Waals surface area contributed by atoms with Crippen molar-refractivity contribution in [2.45, 2.75) is 73.2 Å². The van der Waals surface area contributed by atoms with Crippen molar-refractivity contribution in [2.75, 3.05) is 6.54 Å². The van der Waals surface area contributed by atoms with Crippen LogP contribution in [0.3, 0.4) is 0 Å². The van der Waals surface area contributed by atoms with Gasteiger partial charge < -0.3 is 20.4 Å². The molecule has 0 unspecified atom stereocenters. The summed E-state index contributed by atoms with van der Waals surface area (Å²) in [6.45, 7) is -1.27. The van der Waals surface area contributed by atoms with E-state index in [-0.39, 0.29) is 19.3 Å². The third-order valence-corrected chi connectivity index (χ3v) is 6.12. The van der Waals surface area contributed by atoms with Gasteiger partial charge in [0.25, 0.3) is 11.8 Å². The molecule has 0 aromatic carbocycles. The number of hydrogen-bond donors (Lipinski definition) is 3. The molecule has 0 radical (unpaired) electrons. The van der Waals surface area contributed by atoms with Crippen LogP contribution in [0.25, 0.3) is 0 Å². The molecule has 2 amide bonds. The van der Waals surface area contributed by atoms with E-state index in [2.05, 4.69) is 5.32 Å². The molecular weight excluding hydrogens is 348 g/mol. The molecule has 6 nitrogen and oxygen atoms in total. The van der Waals surface area contributed by atoms with Gasteiger partial charge in [0.1, 0.15) is 6.10 Å². The lowest BCUT2D eigenvalue weighted by atomic mass is 9.46. The molecule has 1 spiro atoms. The number of likely N-dealkylation sites (tertiary alicyclic amines) is 1. The summed E-state index contributed by atoms with van der Waals surface area (Å²) >= 11 is 0. The van der Waals surface area contributed by atoms with Crippen molar-refractivity contribution in [3.8, 4) is 0 Å². The van der Waals surface area contributed by atoms with Crippen LogP contribution in [-0.2, 0) is 9.59 Å². The Bertz CT molecular complexity index is 650. The van der Waals surface area contributed by atoms with Crippen molar-refractivity contribution in [2.24, 2.45) is 0 Å². The number of rotatable bonds is 1. The van der Waals surface area contributed by atoms with Crippen LogP contribution in [0.1, 0.15) is 38.5 Å². The van der Waals surface area contributed by atoms with Gasteiger partial charge in [-0.2, -0.15) is 0 Å². The van der Waals surface area contributed by atoms with Crippen LogP contribution < -0.4 is 5.32 Å². The van der Waals surface area contributed by atoms with Crippen LogP contribution in [0.5, 0.6) is 0 Å². The van der Waals surface area contributed by atoms with Gasteiger partial charge in [-0.3, -0.25) is 9.59 Å². The summed E-state index contributed by atoms with van der Waals surface area (Å²) in [7, 11) is 0. The zero-order valence-corrected chi connectivity index (χ0v) is 13.2. The first-order valence-corrected chi connectivity index (χ1v) is 8.13. The second-order valence-electron chi connectivity index (χ2n) is 8.18. The Labute approximate surface area is 140 Å². The maximum absolute atomic E-state index is 14.0. The molecular formula is C15H18F4N2O4. The molecule has 10 heteroatoms. The topological polar surface area (TPSA) is 89.9 Å². The summed E-state index contributed by atoms with van der Waals surface area (Å²) < 4.78 is 55.3. The van der Waals surface area contributed by atoms with Crippen LogP contribution in [0.2, 0.25) is 0 Å². The van der Waals surface area contributed by atoms with Gasteiger partial charge in [-0.15, -0.1) is 0 Å². The largest absolute Gasteiger partial charge is 0.390 e. The van der Waals surface area contributed by atoms with Crippen LogP contribution in [0.15, 0.2) is 0 Å². The molecule has 1 aliphatic heterocycles. The predicted octanol–water partition coefficient (Wildman–Crippen LogP) is 0.166. The zero-order valence-electron chi connectivity index (χ0n) is 13.2. The molecule has 5 rings (SSSR count). The van der Waals surface area contributed by atoms with E-state index >= 15 is 0 Å². The van der Waals surface area contributed by atoms with E-state index in [0.29, 0.717) is 4.90 Å². The van der Waals surface area contributed by atoms with Crippen LogP contribution in [0, 0.1) is 0 Å². The van der Waals surface area contributed by atoms with Gasteiger partial charge in [0, 0.05) is 18.4 Å². The quantitative estimate of drug-likeness (QED) is 0.456. The molecule has 0 aromatic heterocycles. The highest BCUT2D eigenvalue weighted by Gasteiger charge is 2.71. The standard InChI is InChI=1S/C15H18F4N2O4/c16-14(17)2-1-13(6-14)10(24)15(18,19)7-21(13)9(23)8(22)20-11-3-12(25,4-11)5-11/h10,24-25H,1-7H2,(H,20,22)/t10-,11?,12?,13-/m1/s1. The predicted molar refractivity (Wildman–Crippen MR) is 73.9 cm³/mol. The monoisotopic (exact) mass is 366 g/mol. The van der Waals surface area contributed by atoms with Crippen molar-refractivity contribution in [1.29, 1.82) is 0 Å². The van der Waals surface area contributed by atoms with Crippen LogP contribution in [-0.4, -0.2) is 68.1 Å². The van der Waals surface area contributed by atoms with E-state index in [1.165, 1.54) is 0 Å². The van der Waals surface area contributed by atoms with Gasteiger partial charge in [-0.1, -0.05) is 0 Å². The van der Waals surface area contributed by atoms with Crippen molar-refractivity contribution in [1.82, 2.24) is 10.2 Å². The number of aliphatic hydroxyl groups excluding tert-OH is 1. The van der Waals surface area contributed by atoms with Crippen molar-refractivity contribution < 1.29 is 37.4 Å². The highest BCUT2D eigenvalue weighted by atomic mass is 19.3. The van der Waals surface area contributed by atoms with Gasteiger partial charge in [-0.25, -0.2) is 17.6 Å². The minimum atomic E-state index is -3.76. The number of amides is 2. The summed E-state index contributed by atoms with van der Waals surface area (Å²) in [6, 6.07) is 0. The molecule has 25 heavy (non-hydrogen) atoms. The number of alkyl halides is 4. The minimum absolute atomic E-state index is 0.279. The Morgan fingerprint density at radius 1 is 1.04 bits per heavy atom. The highest BCUT2D eigenvalue weighted by Crippen LogP contribution is 2.60. The van der Waals surface area contributed by atoms with Gasteiger partial charge in [-0.05, 0) is 25.7 Å². The van der Waals surface area contributed by atoms with E-state index in [9.17, 15) is 37.4 Å². The normalized spacial score (nSPS) is 45.8. The Kier molecular flexibility index (Phi) is 3.03. The fourth-order valence-corrected chi connectivity index (χ4v) is 5.04. The van der Waals surface area contributed by atoms with Gasteiger partial charge in [0.05, 0.1) is 17.7 Å². The van der Waals surface area contributed by atoms with E-state index < -0.39 is 72.2 Å². The molecule has 2 atom stereocenters. The average Bonchev–Trinajstić information content (AvgIpc) is 2.85. The third kappa shape index (κ3) is 2.22. The molecule has 140 valence electrons. The second kappa shape index (κ2) is 4.46. The maximum Gasteiger partial charge on any atom is 0.312 e. The molecule has 4 saturated carbocycles. The number of nitrogens with zero attached hydrogens (tertiary/aromatic N) is 1. The highest BCUT2D eigenvalue weighted by molar-refractivity contribution is 6.35. The zero-order chi connectivity index (χ0) is 18.5. The summed E-state index contributed by atoms with van der Waals surface area (Å²) in [6.07, 6.45) is -3.94. The van der Waals surface area contributed by atoms with E-state index in [4.69, 9.17) is 0 Å². The number of carbonyl (C=O) groups is 2. The first kappa shape index (κ1) is 17.0.